The molecule has 2 aromatic rings. The molecule has 138 valence electrons. The first-order valence-corrected chi connectivity index (χ1v) is 9.72. The van der Waals surface area contributed by atoms with E-state index in [4.69, 9.17) is 5.10 Å². The second-order valence-corrected chi connectivity index (χ2v) is 7.90. The van der Waals surface area contributed by atoms with Crippen molar-refractivity contribution in [3.63, 3.8) is 0 Å². The van der Waals surface area contributed by atoms with Crippen LogP contribution in [0.15, 0.2) is 30.5 Å². The zero-order valence-electron chi connectivity index (χ0n) is 15.8. The predicted octanol–water partition coefficient (Wildman–Crippen LogP) is 3.69. The Morgan fingerprint density at radius 3 is 2.65 bits per heavy atom. The van der Waals surface area contributed by atoms with Crippen LogP contribution in [0.25, 0.3) is 0 Å². The minimum atomic E-state index is 0.0486. The quantitative estimate of drug-likeness (QED) is 0.843. The molecule has 1 fully saturated rings. The summed E-state index contributed by atoms with van der Waals surface area (Å²) in [5.41, 5.74) is 4.22. The second kappa shape index (κ2) is 7.14. The van der Waals surface area contributed by atoms with Gasteiger partial charge in [-0.05, 0) is 30.9 Å². The maximum atomic E-state index is 12.5. The molecular weight excluding hydrogens is 324 g/mol. The SMILES string of the molecule is CN(C)C(=O)c1ccccc1N1Cc2cn(CC3CCCCC3)nc2C1. The van der Waals surface area contributed by atoms with E-state index in [1.807, 2.05) is 24.3 Å². The molecule has 1 saturated carbocycles. The molecule has 5 nitrogen and oxygen atoms in total. The molecule has 2 heterocycles. The number of rotatable bonds is 4. The van der Waals surface area contributed by atoms with E-state index in [1.54, 1.807) is 19.0 Å². The summed E-state index contributed by atoms with van der Waals surface area (Å²) in [6, 6.07) is 7.89. The average Bonchev–Trinajstić information content (AvgIpc) is 3.20. The fourth-order valence-electron chi connectivity index (χ4n) is 4.28. The fourth-order valence-corrected chi connectivity index (χ4v) is 4.28. The van der Waals surface area contributed by atoms with Gasteiger partial charge in [-0.2, -0.15) is 5.10 Å². The number of para-hydroxylation sites is 1. The van der Waals surface area contributed by atoms with Gasteiger partial charge in [0.05, 0.1) is 23.5 Å². The molecule has 5 heteroatoms. The zero-order valence-corrected chi connectivity index (χ0v) is 15.8. The van der Waals surface area contributed by atoms with Crippen LogP contribution in [0.1, 0.15) is 53.7 Å². The second-order valence-electron chi connectivity index (χ2n) is 7.90. The summed E-state index contributed by atoms with van der Waals surface area (Å²) in [5.74, 6) is 0.839. The highest BCUT2D eigenvalue weighted by Gasteiger charge is 2.26. The van der Waals surface area contributed by atoms with Gasteiger partial charge in [0.25, 0.3) is 5.91 Å². The van der Waals surface area contributed by atoms with Crippen molar-refractivity contribution < 1.29 is 4.79 Å². The first-order valence-electron chi connectivity index (χ1n) is 9.72. The van der Waals surface area contributed by atoms with E-state index in [0.29, 0.717) is 0 Å². The van der Waals surface area contributed by atoms with E-state index < -0.39 is 0 Å². The van der Waals surface area contributed by atoms with Gasteiger partial charge in [-0.15, -0.1) is 0 Å². The maximum absolute atomic E-state index is 12.5. The van der Waals surface area contributed by atoms with Gasteiger partial charge in [-0.3, -0.25) is 9.48 Å². The molecule has 0 radical (unpaired) electrons. The van der Waals surface area contributed by atoms with Crippen molar-refractivity contribution in [1.29, 1.82) is 0 Å². The fraction of sp³-hybridized carbons (Fsp3) is 0.524. The Balaban J connectivity index is 1.48. The molecule has 1 aliphatic carbocycles. The monoisotopic (exact) mass is 352 g/mol. The topological polar surface area (TPSA) is 41.4 Å². The lowest BCUT2D eigenvalue weighted by Gasteiger charge is -2.23. The third-order valence-corrected chi connectivity index (χ3v) is 5.68. The van der Waals surface area contributed by atoms with Crippen molar-refractivity contribution in [3.05, 3.63) is 47.3 Å². The minimum absolute atomic E-state index is 0.0486. The van der Waals surface area contributed by atoms with Crippen molar-refractivity contribution in [2.75, 3.05) is 19.0 Å². The van der Waals surface area contributed by atoms with Crippen molar-refractivity contribution in [3.8, 4) is 0 Å². The highest BCUT2D eigenvalue weighted by Crippen LogP contribution is 2.31. The van der Waals surface area contributed by atoms with Gasteiger partial charge in [-0.25, -0.2) is 0 Å². The number of hydrogen-bond donors (Lipinski definition) is 0. The number of fused-ring (bicyclic) bond motifs is 1. The van der Waals surface area contributed by atoms with Crippen molar-refractivity contribution >= 4 is 11.6 Å². The van der Waals surface area contributed by atoms with Crippen LogP contribution < -0.4 is 4.90 Å². The largest absolute Gasteiger partial charge is 0.360 e. The molecule has 0 bridgehead atoms. The Bertz CT molecular complexity index is 766. The molecule has 0 N–H and O–H groups in total. The van der Waals surface area contributed by atoms with Crippen molar-refractivity contribution in [1.82, 2.24) is 14.7 Å². The van der Waals surface area contributed by atoms with Gasteiger partial charge in [0.15, 0.2) is 0 Å². The molecule has 0 unspecified atom stereocenters. The molecule has 1 aromatic heterocycles. The summed E-state index contributed by atoms with van der Waals surface area (Å²) in [4.78, 5) is 16.4. The van der Waals surface area contributed by atoms with Gasteiger partial charge < -0.3 is 9.80 Å². The van der Waals surface area contributed by atoms with Crippen LogP contribution in [0.2, 0.25) is 0 Å². The van der Waals surface area contributed by atoms with Crippen LogP contribution in [0.4, 0.5) is 5.69 Å². The zero-order chi connectivity index (χ0) is 18.1. The van der Waals surface area contributed by atoms with E-state index >= 15 is 0 Å². The number of benzene rings is 1. The number of hydrogen-bond acceptors (Lipinski definition) is 3. The van der Waals surface area contributed by atoms with Gasteiger partial charge in [0.2, 0.25) is 0 Å². The van der Waals surface area contributed by atoms with E-state index in [-0.39, 0.29) is 5.91 Å². The molecule has 0 spiro atoms. The van der Waals surface area contributed by atoms with Crippen LogP contribution in [0.5, 0.6) is 0 Å². The van der Waals surface area contributed by atoms with E-state index in [0.717, 1.165) is 42.5 Å². The summed E-state index contributed by atoms with van der Waals surface area (Å²) in [5, 5.41) is 4.85. The Labute approximate surface area is 155 Å². The number of nitrogens with zero attached hydrogens (tertiary/aromatic N) is 4. The summed E-state index contributed by atoms with van der Waals surface area (Å²) in [6.07, 6.45) is 9.05. The summed E-state index contributed by atoms with van der Waals surface area (Å²) in [7, 11) is 3.60. The maximum Gasteiger partial charge on any atom is 0.255 e. The number of amides is 1. The normalized spacial score (nSPS) is 17.4. The van der Waals surface area contributed by atoms with Crippen molar-refractivity contribution in [2.24, 2.45) is 5.92 Å². The van der Waals surface area contributed by atoms with Crippen LogP contribution in [-0.2, 0) is 19.6 Å². The highest BCUT2D eigenvalue weighted by atomic mass is 16.2. The van der Waals surface area contributed by atoms with E-state index in [1.165, 1.54) is 37.7 Å². The molecular formula is C21H28N4O. The van der Waals surface area contributed by atoms with Gasteiger partial charge in [-0.1, -0.05) is 31.4 Å². The van der Waals surface area contributed by atoms with Crippen LogP contribution >= 0.6 is 0 Å². The molecule has 0 saturated heterocycles. The van der Waals surface area contributed by atoms with Crippen LogP contribution in [0.3, 0.4) is 0 Å². The molecule has 1 aliphatic heterocycles. The predicted molar refractivity (Wildman–Crippen MR) is 103 cm³/mol. The van der Waals surface area contributed by atoms with Crippen LogP contribution in [0, 0.1) is 5.92 Å². The average molecular weight is 352 g/mol. The molecule has 2 aliphatic rings. The van der Waals surface area contributed by atoms with Crippen LogP contribution in [-0.4, -0.2) is 34.7 Å². The standard InChI is InChI=1S/C21H28N4O/c1-23(2)21(26)18-10-6-7-11-20(18)24-13-17-14-25(22-19(17)15-24)12-16-8-4-3-5-9-16/h6-7,10-11,14,16H,3-5,8-9,12-13,15H2,1-2H3. The number of anilines is 1. The number of aromatic nitrogens is 2. The minimum Gasteiger partial charge on any atom is -0.360 e. The molecule has 0 atom stereocenters. The third kappa shape index (κ3) is 3.35. The van der Waals surface area contributed by atoms with E-state index in [2.05, 4.69) is 15.8 Å². The summed E-state index contributed by atoms with van der Waals surface area (Å²) >= 11 is 0. The molecule has 1 amide bonds. The van der Waals surface area contributed by atoms with Gasteiger partial charge in [0.1, 0.15) is 0 Å². The summed E-state index contributed by atoms with van der Waals surface area (Å²) < 4.78 is 2.16. The van der Waals surface area contributed by atoms with Crippen molar-refractivity contribution in [2.45, 2.75) is 51.7 Å². The molecule has 1 aromatic carbocycles. The smallest absolute Gasteiger partial charge is 0.255 e. The molecule has 26 heavy (non-hydrogen) atoms. The Morgan fingerprint density at radius 1 is 1.15 bits per heavy atom. The lowest BCUT2D eigenvalue weighted by Crippen LogP contribution is -2.26. The Hall–Kier alpha value is -2.30. The third-order valence-electron chi connectivity index (χ3n) is 5.68. The lowest BCUT2D eigenvalue weighted by molar-refractivity contribution is 0.0828. The highest BCUT2D eigenvalue weighted by molar-refractivity contribution is 5.99. The first-order chi connectivity index (χ1) is 12.6. The van der Waals surface area contributed by atoms with Gasteiger partial charge in [0, 0.05) is 38.9 Å². The Morgan fingerprint density at radius 2 is 1.92 bits per heavy atom. The first kappa shape index (κ1) is 17.1. The van der Waals surface area contributed by atoms with E-state index in [9.17, 15) is 4.79 Å². The van der Waals surface area contributed by atoms with Gasteiger partial charge >= 0.3 is 0 Å². The Kier molecular flexibility index (Phi) is 4.70. The lowest BCUT2D eigenvalue weighted by atomic mass is 9.89. The number of carbonyl (C=O) groups is 1. The number of carbonyl (C=O) groups excluding carboxylic acids is 1. The summed E-state index contributed by atoms with van der Waals surface area (Å²) in [6.45, 7) is 2.67. The molecule has 4 rings (SSSR count).